The van der Waals surface area contributed by atoms with Gasteiger partial charge in [0.2, 0.25) is 5.91 Å². The van der Waals surface area contributed by atoms with Gasteiger partial charge in [0.05, 0.1) is 0 Å². The topological polar surface area (TPSA) is 40.5 Å². The summed E-state index contributed by atoms with van der Waals surface area (Å²) >= 11 is 12.6. The molecule has 1 aliphatic carbocycles. The molecule has 23 heavy (non-hydrogen) atoms. The average Bonchev–Trinajstić information content (AvgIpc) is 2.90. The summed E-state index contributed by atoms with van der Waals surface area (Å²) < 4.78 is 0. The zero-order chi connectivity index (χ0) is 16.6. The van der Waals surface area contributed by atoms with E-state index in [2.05, 4.69) is 11.8 Å². The van der Waals surface area contributed by atoms with Gasteiger partial charge in [-0.05, 0) is 55.2 Å². The van der Waals surface area contributed by atoms with Crippen LogP contribution in [0.15, 0.2) is 12.1 Å². The van der Waals surface area contributed by atoms with E-state index in [4.69, 9.17) is 23.2 Å². The van der Waals surface area contributed by atoms with Crippen molar-refractivity contribution >= 4 is 29.1 Å². The molecule has 2 fully saturated rings. The smallest absolute Gasteiger partial charge is 0.222 e. The van der Waals surface area contributed by atoms with Gasteiger partial charge in [-0.15, -0.1) is 0 Å². The maximum absolute atomic E-state index is 12.1. The molecule has 1 unspecified atom stereocenters. The minimum Gasteiger partial charge on any atom is -0.508 e. The summed E-state index contributed by atoms with van der Waals surface area (Å²) in [5.41, 5.74) is 0.913. The fourth-order valence-corrected chi connectivity index (χ4v) is 4.85. The molecule has 1 saturated heterocycles. The van der Waals surface area contributed by atoms with Crippen molar-refractivity contribution in [3.63, 3.8) is 0 Å². The maximum Gasteiger partial charge on any atom is 0.222 e. The molecule has 0 aromatic heterocycles. The van der Waals surface area contributed by atoms with E-state index >= 15 is 0 Å². The van der Waals surface area contributed by atoms with Gasteiger partial charge in [-0.1, -0.05) is 36.5 Å². The van der Waals surface area contributed by atoms with Crippen molar-refractivity contribution in [2.45, 2.75) is 51.5 Å². The van der Waals surface area contributed by atoms with E-state index in [0.29, 0.717) is 40.3 Å². The van der Waals surface area contributed by atoms with Gasteiger partial charge in [-0.3, -0.25) is 4.79 Å². The molecule has 1 aromatic carbocycles. The van der Waals surface area contributed by atoms with Crippen LogP contribution in [0.5, 0.6) is 5.75 Å². The number of nitrogens with zero attached hydrogens (tertiary/aromatic N) is 1. The Labute approximate surface area is 147 Å². The van der Waals surface area contributed by atoms with E-state index in [1.54, 1.807) is 12.1 Å². The molecule has 1 aromatic rings. The first kappa shape index (κ1) is 16.9. The summed E-state index contributed by atoms with van der Waals surface area (Å²) in [5, 5.41) is 10.6. The molecular weight excluding hydrogens is 333 g/mol. The lowest BCUT2D eigenvalue weighted by molar-refractivity contribution is -0.131. The number of carbonyl (C=O) groups is 1. The second-order valence-corrected chi connectivity index (χ2v) is 7.71. The van der Waals surface area contributed by atoms with E-state index in [1.807, 2.05) is 0 Å². The highest BCUT2D eigenvalue weighted by Gasteiger charge is 2.37. The normalized spacial score (nSPS) is 28.4. The molecule has 1 amide bonds. The highest BCUT2D eigenvalue weighted by atomic mass is 35.5. The zero-order valence-electron chi connectivity index (χ0n) is 13.4. The molecule has 3 atom stereocenters. The fourth-order valence-electron chi connectivity index (χ4n) is 4.22. The van der Waals surface area contributed by atoms with Crippen LogP contribution in [0.2, 0.25) is 10.0 Å². The highest BCUT2D eigenvalue weighted by molar-refractivity contribution is 6.36. The first-order valence-corrected chi connectivity index (χ1v) is 9.19. The van der Waals surface area contributed by atoms with E-state index in [9.17, 15) is 9.90 Å². The van der Waals surface area contributed by atoms with Crippen molar-refractivity contribution in [1.82, 2.24) is 4.90 Å². The Hall–Kier alpha value is -0.930. The number of likely N-dealkylation sites (tertiary alicyclic amines) is 1. The van der Waals surface area contributed by atoms with Crippen LogP contribution in [-0.2, 0) is 11.2 Å². The third-order valence-electron chi connectivity index (χ3n) is 5.53. The minimum atomic E-state index is 0.0981. The van der Waals surface area contributed by atoms with Crippen molar-refractivity contribution in [3.8, 4) is 5.75 Å². The SMILES string of the molecule is C[C@H]1C(N2CCCC2=O)CCC[C@H]1Cc1c(Cl)cc(O)cc1Cl. The summed E-state index contributed by atoms with van der Waals surface area (Å²) in [5.74, 6) is 1.30. The molecule has 1 heterocycles. The molecule has 0 radical (unpaired) electrons. The first-order valence-electron chi connectivity index (χ1n) is 8.43. The van der Waals surface area contributed by atoms with Crippen LogP contribution in [0.4, 0.5) is 0 Å². The van der Waals surface area contributed by atoms with Crippen molar-refractivity contribution in [2.75, 3.05) is 6.54 Å². The zero-order valence-corrected chi connectivity index (χ0v) is 14.9. The molecule has 126 valence electrons. The number of carbonyl (C=O) groups excluding carboxylic acids is 1. The number of phenols is 1. The van der Waals surface area contributed by atoms with Gasteiger partial charge in [-0.25, -0.2) is 0 Å². The number of phenolic OH excluding ortho intramolecular Hbond substituents is 1. The molecule has 3 rings (SSSR count). The van der Waals surface area contributed by atoms with Crippen molar-refractivity contribution in [1.29, 1.82) is 0 Å². The molecule has 2 aliphatic rings. The molecule has 1 saturated carbocycles. The molecular formula is C18H23Cl2NO2. The van der Waals surface area contributed by atoms with Crippen LogP contribution in [0.1, 0.15) is 44.6 Å². The van der Waals surface area contributed by atoms with Gasteiger partial charge in [-0.2, -0.15) is 0 Å². The fraction of sp³-hybridized carbons (Fsp3) is 0.611. The van der Waals surface area contributed by atoms with Gasteiger partial charge in [0.1, 0.15) is 5.75 Å². The van der Waals surface area contributed by atoms with E-state index in [-0.39, 0.29) is 5.75 Å². The van der Waals surface area contributed by atoms with E-state index in [0.717, 1.165) is 44.2 Å². The summed E-state index contributed by atoms with van der Waals surface area (Å²) in [6.07, 6.45) is 5.86. The van der Waals surface area contributed by atoms with Crippen LogP contribution < -0.4 is 0 Å². The Bertz CT molecular complexity index is 582. The first-order chi connectivity index (χ1) is 11.0. The van der Waals surface area contributed by atoms with Crippen molar-refractivity contribution in [2.24, 2.45) is 11.8 Å². The second-order valence-electron chi connectivity index (χ2n) is 6.90. The number of rotatable bonds is 3. The molecule has 5 heteroatoms. The number of benzene rings is 1. The minimum absolute atomic E-state index is 0.0981. The lowest BCUT2D eigenvalue weighted by Crippen LogP contribution is -2.45. The lowest BCUT2D eigenvalue weighted by Gasteiger charge is -2.41. The third-order valence-corrected chi connectivity index (χ3v) is 6.20. The Morgan fingerprint density at radius 2 is 1.91 bits per heavy atom. The van der Waals surface area contributed by atoms with Gasteiger partial charge in [0, 0.05) is 29.1 Å². The third kappa shape index (κ3) is 3.46. The Morgan fingerprint density at radius 3 is 2.52 bits per heavy atom. The van der Waals surface area contributed by atoms with Gasteiger partial charge < -0.3 is 10.0 Å². The summed E-state index contributed by atoms with van der Waals surface area (Å²) in [6.45, 7) is 3.16. The van der Waals surface area contributed by atoms with Crippen molar-refractivity contribution in [3.05, 3.63) is 27.7 Å². The Balaban J connectivity index is 1.76. The predicted molar refractivity (Wildman–Crippen MR) is 93.1 cm³/mol. The van der Waals surface area contributed by atoms with Crippen molar-refractivity contribution < 1.29 is 9.90 Å². The average molecular weight is 356 g/mol. The van der Waals surface area contributed by atoms with Gasteiger partial charge >= 0.3 is 0 Å². The maximum atomic E-state index is 12.1. The van der Waals surface area contributed by atoms with Crippen LogP contribution in [-0.4, -0.2) is 28.5 Å². The van der Waals surface area contributed by atoms with Crippen LogP contribution in [0.3, 0.4) is 0 Å². The standard InChI is InChI=1S/C18H23Cl2NO2/c1-11-12(8-14-15(19)9-13(22)10-16(14)20)4-2-5-17(11)21-7-3-6-18(21)23/h9-12,17,22H,2-8H2,1H3/t11-,12+,17?/m1/s1. The molecule has 0 bridgehead atoms. The van der Waals surface area contributed by atoms with Gasteiger partial charge in [0.15, 0.2) is 0 Å². The summed E-state index contributed by atoms with van der Waals surface area (Å²) in [4.78, 5) is 14.2. The number of aromatic hydroxyl groups is 1. The Morgan fingerprint density at radius 1 is 1.22 bits per heavy atom. The molecule has 0 spiro atoms. The molecule has 1 aliphatic heterocycles. The number of halogens is 2. The molecule has 1 N–H and O–H groups in total. The predicted octanol–water partition coefficient (Wildman–Crippen LogP) is 4.67. The van der Waals surface area contributed by atoms with Gasteiger partial charge in [0.25, 0.3) is 0 Å². The monoisotopic (exact) mass is 355 g/mol. The van der Waals surface area contributed by atoms with E-state index in [1.165, 1.54) is 0 Å². The van der Waals surface area contributed by atoms with E-state index < -0.39 is 0 Å². The summed E-state index contributed by atoms with van der Waals surface area (Å²) in [6, 6.07) is 3.45. The highest BCUT2D eigenvalue weighted by Crippen LogP contribution is 2.40. The van der Waals surface area contributed by atoms with Crippen LogP contribution >= 0.6 is 23.2 Å². The second kappa shape index (κ2) is 6.90. The molecule has 3 nitrogen and oxygen atoms in total. The Kier molecular flexibility index (Phi) is 5.07. The largest absolute Gasteiger partial charge is 0.508 e. The number of amides is 1. The number of hydrogen-bond donors (Lipinski definition) is 1. The van der Waals surface area contributed by atoms with Crippen LogP contribution in [0, 0.1) is 11.8 Å². The quantitative estimate of drug-likeness (QED) is 0.855. The summed E-state index contributed by atoms with van der Waals surface area (Å²) in [7, 11) is 0. The lowest BCUT2D eigenvalue weighted by atomic mass is 9.73. The van der Waals surface area contributed by atoms with Crippen LogP contribution in [0.25, 0.3) is 0 Å². The number of hydrogen-bond acceptors (Lipinski definition) is 2.